The monoisotopic (exact) mass is 383 g/mol. The molecule has 0 radical (unpaired) electrons. The molecule has 0 unspecified atom stereocenters. The van der Waals surface area contributed by atoms with Crippen molar-refractivity contribution in [2.24, 2.45) is 13.0 Å². The van der Waals surface area contributed by atoms with E-state index in [1.807, 2.05) is 6.07 Å². The number of anilines is 1. The molecule has 1 fully saturated rings. The molecule has 0 atom stereocenters. The second-order valence-corrected chi connectivity index (χ2v) is 9.42. The molecule has 0 saturated carbocycles. The maximum absolute atomic E-state index is 12.5. The van der Waals surface area contributed by atoms with E-state index in [0.717, 1.165) is 21.6 Å². The minimum absolute atomic E-state index is 0.0389. The number of aryl methyl sites for hydroxylation is 1. The quantitative estimate of drug-likeness (QED) is 0.869. The number of nitrogens with one attached hydrogen (secondary N) is 1. The van der Waals surface area contributed by atoms with Crippen molar-refractivity contribution < 1.29 is 13.2 Å². The fourth-order valence-electron chi connectivity index (χ4n) is 3.03. The number of sulfonamides is 1. The molecule has 1 aromatic heterocycles. The number of hydrogen-bond donors (Lipinski definition) is 1. The Morgan fingerprint density at radius 3 is 2.64 bits per heavy atom. The molecule has 0 spiro atoms. The molecular weight excluding hydrogens is 362 g/mol. The van der Waals surface area contributed by atoms with Gasteiger partial charge in [0.25, 0.3) is 0 Å². The Hall–Kier alpha value is -1.71. The number of aromatic nitrogens is 1. The highest BCUT2D eigenvalue weighted by Crippen LogP contribution is 2.24. The molecule has 2 heterocycles. The SMILES string of the molecule is CCS(=O)(=O)N1CCC(C(=O)Nc2ccc3c(c2)sc(=O)n3C)CC1. The topological polar surface area (TPSA) is 88.5 Å². The Bertz CT molecular complexity index is 953. The molecule has 7 nitrogen and oxygen atoms in total. The number of thiazole rings is 1. The van der Waals surface area contributed by atoms with Gasteiger partial charge in [0, 0.05) is 31.7 Å². The molecule has 1 amide bonds. The van der Waals surface area contributed by atoms with Gasteiger partial charge in [0.2, 0.25) is 15.9 Å². The first-order valence-corrected chi connectivity index (χ1v) is 10.6. The lowest BCUT2D eigenvalue weighted by Gasteiger charge is -2.30. The number of rotatable bonds is 4. The molecule has 136 valence electrons. The van der Waals surface area contributed by atoms with E-state index in [0.29, 0.717) is 31.6 Å². The third kappa shape index (κ3) is 3.63. The molecule has 0 bridgehead atoms. The molecule has 3 rings (SSSR count). The summed E-state index contributed by atoms with van der Waals surface area (Å²) in [5.41, 5.74) is 1.49. The van der Waals surface area contributed by atoms with Gasteiger partial charge in [-0.15, -0.1) is 0 Å². The fraction of sp³-hybridized carbons (Fsp3) is 0.500. The molecule has 9 heteroatoms. The molecule has 25 heavy (non-hydrogen) atoms. The standard InChI is InChI=1S/C16H21N3O4S2/c1-3-25(22,23)19-8-6-11(7-9-19)15(20)17-12-4-5-13-14(10-12)24-16(21)18(13)2/h4-5,10-11H,3,6-9H2,1-2H3,(H,17,20). The zero-order valence-electron chi connectivity index (χ0n) is 14.2. The van der Waals surface area contributed by atoms with E-state index >= 15 is 0 Å². The normalized spacial score (nSPS) is 17.0. The third-order valence-electron chi connectivity index (χ3n) is 4.64. The van der Waals surface area contributed by atoms with Crippen LogP contribution in [0, 0.1) is 5.92 Å². The highest BCUT2D eigenvalue weighted by molar-refractivity contribution is 7.89. The lowest BCUT2D eigenvalue weighted by atomic mass is 9.97. The van der Waals surface area contributed by atoms with Crippen LogP contribution in [0.5, 0.6) is 0 Å². The summed E-state index contributed by atoms with van der Waals surface area (Å²) < 4.78 is 27.6. The Labute approximate surface area is 150 Å². The molecule has 1 saturated heterocycles. The lowest BCUT2D eigenvalue weighted by molar-refractivity contribution is -0.120. The van der Waals surface area contributed by atoms with Gasteiger partial charge in [0.15, 0.2) is 0 Å². The van der Waals surface area contributed by atoms with Crippen molar-refractivity contribution in [3.8, 4) is 0 Å². The van der Waals surface area contributed by atoms with Gasteiger partial charge in [-0.2, -0.15) is 0 Å². The second kappa shape index (κ2) is 6.89. The maximum Gasteiger partial charge on any atom is 0.307 e. The van der Waals surface area contributed by atoms with E-state index in [1.54, 1.807) is 30.7 Å². The van der Waals surface area contributed by atoms with Crippen molar-refractivity contribution in [2.45, 2.75) is 19.8 Å². The molecule has 0 aliphatic carbocycles. The van der Waals surface area contributed by atoms with Crippen LogP contribution >= 0.6 is 11.3 Å². The van der Waals surface area contributed by atoms with Crippen LogP contribution in [0.15, 0.2) is 23.0 Å². The highest BCUT2D eigenvalue weighted by atomic mass is 32.2. The second-order valence-electron chi connectivity index (χ2n) is 6.17. The summed E-state index contributed by atoms with van der Waals surface area (Å²) in [6, 6.07) is 5.40. The minimum atomic E-state index is -3.18. The van der Waals surface area contributed by atoms with Gasteiger partial charge in [0.1, 0.15) is 0 Å². The van der Waals surface area contributed by atoms with Gasteiger partial charge >= 0.3 is 4.87 Å². The average Bonchev–Trinajstić information content (AvgIpc) is 2.88. The van der Waals surface area contributed by atoms with E-state index in [1.165, 1.54) is 4.31 Å². The number of fused-ring (bicyclic) bond motifs is 1. The number of piperidine rings is 1. The van der Waals surface area contributed by atoms with E-state index in [4.69, 9.17) is 0 Å². The van der Waals surface area contributed by atoms with Gasteiger partial charge in [-0.1, -0.05) is 11.3 Å². The van der Waals surface area contributed by atoms with E-state index in [-0.39, 0.29) is 22.5 Å². The molecule has 1 aromatic carbocycles. The van der Waals surface area contributed by atoms with Crippen molar-refractivity contribution in [3.63, 3.8) is 0 Å². The summed E-state index contributed by atoms with van der Waals surface area (Å²) in [4.78, 5) is 24.1. The fourth-order valence-corrected chi connectivity index (χ4v) is 5.09. The third-order valence-corrected chi connectivity index (χ3v) is 7.52. The predicted octanol–water partition coefficient (Wildman–Crippen LogP) is 1.60. The van der Waals surface area contributed by atoms with Crippen LogP contribution in [0.4, 0.5) is 5.69 Å². The van der Waals surface area contributed by atoms with E-state index < -0.39 is 10.0 Å². The van der Waals surface area contributed by atoms with Crippen molar-refractivity contribution in [1.82, 2.24) is 8.87 Å². The highest BCUT2D eigenvalue weighted by Gasteiger charge is 2.30. The van der Waals surface area contributed by atoms with Crippen LogP contribution in [0.1, 0.15) is 19.8 Å². The van der Waals surface area contributed by atoms with Crippen molar-refractivity contribution in [2.75, 3.05) is 24.2 Å². The van der Waals surface area contributed by atoms with Crippen LogP contribution < -0.4 is 10.2 Å². The van der Waals surface area contributed by atoms with Crippen LogP contribution in [0.25, 0.3) is 10.2 Å². The Balaban J connectivity index is 1.66. The van der Waals surface area contributed by atoms with Crippen molar-refractivity contribution in [3.05, 3.63) is 27.9 Å². The maximum atomic E-state index is 12.5. The summed E-state index contributed by atoms with van der Waals surface area (Å²) in [6.45, 7) is 2.39. The van der Waals surface area contributed by atoms with Crippen LogP contribution in [0.2, 0.25) is 0 Å². The van der Waals surface area contributed by atoms with Gasteiger partial charge in [-0.3, -0.25) is 9.59 Å². The largest absolute Gasteiger partial charge is 0.326 e. The number of carbonyl (C=O) groups excluding carboxylic acids is 1. The first kappa shape index (κ1) is 18.1. The Morgan fingerprint density at radius 2 is 2.00 bits per heavy atom. The molecule has 2 aromatic rings. The van der Waals surface area contributed by atoms with Crippen LogP contribution in [-0.2, 0) is 21.9 Å². The van der Waals surface area contributed by atoms with Gasteiger partial charge < -0.3 is 9.88 Å². The first-order chi connectivity index (χ1) is 11.8. The minimum Gasteiger partial charge on any atom is -0.326 e. The Morgan fingerprint density at radius 1 is 1.32 bits per heavy atom. The zero-order valence-corrected chi connectivity index (χ0v) is 15.8. The number of carbonyl (C=O) groups is 1. The van der Waals surface area contributed by atoms with Crippen LogP contribution in [0.3, 0.4) is 0 Å². The van der Waals surface area contributed by atoms with Crippen molar-refractivity contribution >= 4 is 43.2 Å². The average molecular weight is 383 g/mol. The number of hydrogen-bond acceptors (Lipinski definition) is 5. The Kier molecular flexibility index (Phi) is 4.99. The number of benzene rings is 1. The lowest BCUT2D eigenvalue weighted by Crippen LogP contribution is -2.42. The molecule has 1 aliphatic rings. The first-order valence-electron chi connectivity index (χ1n) is 8.20. The van der Waals surface area contributed by atoms with E-state index in [2.05, 4.69) is 5.32 Å². The number of nitrogens with zero attached hydrogens (tertiary/aromatic N) is 2. The van der Waals surface area contributed by atoms with E-state index in [9.17, 15) is 18.0 Å². The summed E-state index contributed by atoms with van der Waals surface area (Å²) in [6.07, 6.45) is 1.04. The molecule has 1 N–H and O–H groups in total. The summed E-state index contributed by atoms with van der Waals surface area (Å²) in [5, 5.41) is 2.89. The molecular formula is C16H21N3O4S2. The summed E-state index contributed by atoms with van der Waals surface area (Å²) in [7, 11) is -1.46. The van der Waals surface area contributed by atoms with Gasteiger partial charge in [0.05, 0.1) is 16.0 Å². The smallest absolute Gasteiger partial charge is 0.307 e. The zero-order chi connectivity index (χ0) is 18.2. The summed E-state index contributed by atoms with van der Waals surface area (Å²) in [5.74, 6) is -0.214. The summed E-state index contributed by atoms with van der Waals surface area (Å²) >= 11 is 1.14. The predicted molar refractivity (Wildman–Crippen MR) is 99.5 cm³/mol. The van der Waals surface area contributed by atoms with Crippen LogP contribution in [-0.4, -0.2) is 42.0 Å². The van der Waals surface area contributed by atoms with Crippen molar-refractivity contribution in [1.29, 1.82) is 0 Å². The van der Waals surface area contributed by atoms with Gasteiger partial charge in [-0.25, -0.2) is 12.7 Å². The molecule has 1 aliphatic heterocycles. The van der Waals surface area contributed by atoms with Gasteiger partial charge in [-0.05, 0) is 38.0 Å². The number of amides is 1.